The van der Waals surface area contributed by atoms with Gasteiger partial charge in [-0.25, -0.2) is 28.1 Å². The Hall–Kier alpha value is -4.07. The molecule has 192 valence electrons. The molecule has 14 heteroatoms. The average molecular weight is 533 g/mol. The summed E-state index contributed by atoms with van der Waals surface area (Å²) in [5, 5.41) is 6.05. The average Bonchev–Trinajstić information content (AvgIpc) is 3.57. The maximum atomic E-state index is 13.1. The van der Waals surface area contributed by atoms with Crippen molar-refractivity contribution in [3.63, 3.8) is 0 Å². The van der Waals surface area contributed by atoms with E-state index in [4.69, 9.17) is 0 Å². The molecule has 1 fully saturated rings. The lowest BCUT2D eigenvalue weighted by Gasteiger charge is -2.18. The fourth-order valence-corrected chi connectivity index (χ4v) is 5.47. The molecule has 1 aliphatic carbocycles. The van der Waals surface area contributed by atoms with Crippen LogP contribution in [0.1, 0.15) is 41.9 Å². The molecular formula is C23H19F3N6O4S. The molecule has 1 N–H and O–H groups in total. The Labute approximate surface area is 208 Å². The summed E-state index contributed by atoms with van der Waals surface area (Å²) in [7, 11) is -3.91. The molecule has 1 unspecified atom stereocenters. The van der Waals surface area contributed by atoms with E-state index in [1.807, 2.05) is 0 Å². The summed E-state index contributed by atoms with van der Waals surface area (Å²) in [6.07, 6.45) is -1.56. The number of nitrogens with one attached hydrogen (secondary N) is 1. The van der Waals surface area contributed by atoms with Crippen molar-refractivity contribution in [1.82, 2.24) is 30.0 Å². The smallest absolute Gasteiger partial charge is 0.406 e. The zero-order valence-electron chi connectivity index (χ0n) is 19.2. The number of benzene rings is 2. The van der Waals surface area contributed by atoms with Crippen molar-refractivity contribution in [3.8, 4) is 11.6 Å². The summed E-state index contributed by atoms with van der Waals surface area (Å²) in [6.45, 7) is 1.61. The highest BCUT2D eigenvalue weighted by Crippen LogP contribution is 2.36. The monoisotopic (exact) mass is 532 g/mol. The predicted octanol–water partition coefficient (Wildman–Crippen LogP) is 3.54. The fourth-order valence-electron chi connectivity index (χ4n) is 3.76. The lowest BCUT2D eigenvalue weighted by Crippen LogP contribution is -2.29. The normalized spacial score (nSPS) is 14.9. The number of hydrogen-bond acceptors (Lipinski definition) is 8. The molecule has 0 radical (unpaired) electrons. The fraction of sp³-hybridized carbons (Fsp3) is 0.261. The summed E-state index contributed by atoms with van der Waals surface area (Å²) < 4.78 is 69.5. The molecule has 0 spiro atoms. The van der Waals surface area contributed by atoms with Gasteiger partial charge < -0.3 is 10.1 Å². The summed E-state index contributed by atoms with van der Waals surface area (Å²) in [5.74, 6) is -1.34. The molecule has 2 aromatic carbocycles. The number of alkyl halides is 3. The van der Waals surface area contributed by atoms with E-state index in [0.717, 1.165) is 18.2 Å². The number of aromatic nitrogens is 5. The first kappa shape index (κ1) is 24.6. The van der Waals surface area contributed by atoms with Crippen LogP contribution in [-0.2, 0) is 9.84 Å². The molecule has 0 bridgehead atoms. The molecule has 10 nitrogen and oxygen atoms in total. The van der Waals surface area contributed by atoms with Crippen LogP contribution in [0.25, 0.3) is 16.9 Å². The number of sulfone groups is 1. The zero-order chi connectivity index (χ0) is 26.4. The van der Waals surface area contributed by atoms with Crippen molar-refractivity contribution < 1.29 is 31.1 Å². The van der Waals surface area contributed by atoms with Crippen LogP contribution < -0.4 is 10.1 Å². The molecule has 1 aliphatic rings. The van der Waals surface area contributed by atoms with Gasteiger partial charge in [-0.15, -0.1) is 13.2 Å². The van der Waals surface area contributed by atoms with Crippen molar-refractivity contribution in [2.45, 2.75) is 42.3 Å². The number of para-hydroxylation sites is 2. The molecule has 0 saturated heterocycles. The van der Waals surface area contributed by atoms with Gasteiger partial charge in [0.1, 0.15) is 24.1 Å². The Morgan fingerprint density at radius 3 is 2.46 bits per heavy atom. The molecule has 1 amide bonds. The third-order valence-electron chi connectivity index (χ3n) is 5.64. The van der Waals surface area contributed by atoms with Crippen molar-refractivity contribution in [1.29, 1.82) is 0 Å². The Morgan fingerprint density at radius 1 is 1.14 bits per heavy atom. The van der Waals surface area contributed by atoms with E-state index in [0.29, 0.717) is 29.6 Å². The number of ether oxygens (including phenoxy) is 1. The van der Waals surface area contributed by atoms with Gasteiger partial charge in [0.2, 0.25) is 0 Å². The standard InChI is InChI=1S/C23H19F3N6O4S/c1-13(20-21(32-12-27-11-28-32)31-19-5-3-2-4-18(19)30-20)29-22(33)14-8-15(36-23(24,25)26)10-17(9-14)37(34,35)16-6-7-16/h2-5,8-13,16H,6-7H2,1H3,(H,29,33). The number of hydrogen-bond donors (Lipinski definition) is 1. The molecular weight excluding hydrogens is 513 g/mol. The topological polar surface area (TPSA) is 129 Å². The molecule has 1 saturated carbocycles. The maximum absolute atomic E-state index is 13.1. The van der Waals surface area contributed by atoms with Crippen LogP contribution in [0.4, 0.5) is 13.2 Å². The Kier molecular flexibility index (Phi) is 6.06. The van der Waals surface area contributed by atoms with Gasteiger partial charge in [-0.05, 0) is 50.1 Å². The Balaban J connectivity index is 1.51. The number of carbonyl (C=O) groups is 1. The van der Waals surface area contributed by atoms with Crippen LogP contribution in [0.15, 0.2) is 60.0 Å². The first-order valence-electron chi connectivity index (χ1n) is 11.1. The third-order valence-corrected chi connectivity index (χ3v) is 7.88. The van der Waals surface area contributed by atoms with E-state index in [9.17, 15) is 26.4 Å². The highest BCUT2D eigenvalue weighted by molar-refractivity contribution is 7.92. The van der Waals surface area contributed by atoms with Crippen molar-refractivity contribution >= 4 is 26.8 Å². The van der Waals surface area contributed by atoms with E-state index in [1.165, 1.54) is 17.3 Å². The third kappa shape index (κ3) is 5.23. The lowest BCUT2D eigenvalue weighted by atomic mass is 10.1. The van der Waals surface area contributed by atoms with Gasteiger partial charge in [0.15, 0.2) is 15.7 Å². The van der Waals surface area contributed by atoms with Crippen LogP contribution in [0.5, 0.6) is 5.75 Å². The number of halogens is 3. The van der Waals surface area contributed by atoms with Gasteiger partial charge in [-0.3, -0.25) is 4.79 Å². The van der Waals surface area contributed by atoms with Crippen molar-refractivity contribution in [3.05, 3.63) is 66.4 Å². The second-order valence-electron chi connectivity index (χ2n) is 8.44. The van der Waals surface area contributed by atoms with Gasteiger partial charge in [0, 0.05) is 5.56 Å². The second-order valence-corrected chi connectivity index (χ2v) is 10.7. The number of carbonyl (C=O) groups excluding carboxylic acids is 1. The number of rotatable bonds is 7. The first-order valence-corrected chi connectivity index (χ1v) is 12.6. The van der Waals surface area contributed by atoms with E-state index < -0.39 is 44.0 Å². The highest BCUT2D eigenvalue weighted by Gasteiger charge is 2.38. The molecule has 1 atom stereocenters. The summed E-state index contributed by atoms with van der Waals surface area (Å²) in [6, 6.07) is 8.90. The van der Waals surface area contributed by atoms with Crippen LogP contribution in [-0.4, -0.2) is 50.7 Å². The number of fused-ring (bicyclic) bond motifs is 1. The van der Waals surface area contributed by atoms with Crippen LogP contribution in [0.2, 0.25) is 0 Å². The molecule has 37 heavy (non-hydrogen) atoms. The molecule has 2 aromatic heterocycles. The number of amides is 1. The maximum Gasteiger partial charge on any atom is 0.573 e. The molecule has 0 aliphatic heterocycles. The van der Waals surface area contributed by atoms with E-state index in [2.05, 4.69) is 30.1 Å². The van der Waals surface area contributed by atoms with Gasteiger partial charge in [-0.2, -0.15) is 5.10 Å². The first-order chi connectivity index (χ1) is 17.5. The summed E-state index contributed by atoms with van der Waals surface area (Å²) in [5.41, 5.74) is 1.11. The number of nitrogens with zero attached hydrogens (tertiary/aromatic N) is 5. The minimum absolute atomic E-state index is 0.287. The molecule has 2 heterocycles. The highest BCUT2D eigenvalue weighted by atomic mass is 32.2. The summed E-state index contributed by atoms with van der Waals surface area (Å²) >= 11 is 0. The zero-order valence-corrected chi connectivity index (χ0v) is 20.0. The largest absolute Gasteiger partial charge is 0.573 e. The minimum atomic E-state index is -5.07. The molecule has 4 aromatic rings. The quantitative estimate of drug-likeness (QED) is 0.383. The van der Waals surface area contributed by atoms with E-state index in [-0.39, 0.29) is 11.4 Å². The lowest BCUT2D eigenvalue weighted by molar-refractivity contribution is -0.274. The van der Waals surface area contributed by atoms with Crippen LogP contribution >= 0.6 is 0 Å². The van der Waals surface area contributed by atoms with E-state index in [1.54, 1.807) is 31.2 Å². The predicted molar refractivity (Wildman–Crippen MR) is 124 cm³/mol. The SMILES string of the molecule is CC(NC(=O)c1cc(OC(F)(F)F)cc(S(=O)(=O)C2CC2)c1)c1nc2ccccc2nc1-n1cncn1. The Morgan fingerprint density at radius 2 is 1.84 bits per heavy atom. The Bertz CT molecular complexity index is 1590. The van der Waals surface area contributed by atoms with Gasteiger partial charge in [0.25, 0.3) is 5.91 Å². The second kappa shape index (κ2) is 9.10. The van der Waals surface area contributed by atoms with Gasteiger partial charge in [-0.1, -0.05) is 12.1 Å². The van der Waals surface area contributed by atoms with E-state index >= 15 is 0 Å². The molecule has 5 rings (SSSR count). The van der Waals surface area contributed by atoms with Crippen LogP contribution in [0.3, 0.4) is 0 Å². The van der Waals surface area contributed by atoms with Gasteiger partial charge >= 0.3 is 6.36 Å². The van der Waals surface area contributed by atoms with Crippen molar-refractivity contribution in [2.75, 3.05) is 0 Å². The van der Waals surface area contributed by atoms with Crippen LogP contribution in [0, 0.1) is 0 Å². The minimum Gasteiger partial charge on any atom is -0.406 e. The van der Waals surface area contributed by atoms with Crippen molar-refractivity contribution in [2.24, 2.45) is 0 Å². The van der Waals surface area contributed by atoms with Gasteiger partial charge in [0.05, 0.1) is 27.2 Å². The summed E-state index contributed by atoms with van der Waals surface area (Å²) in [4.78, 5) is 25.8.